The lowest BCUT2D eigenvalue weighted by Crippen LogP contribution is -2.49. The third kappa shape index (κ3) is 6.12. The number of carbonyl (C=O) groups is 2. The first-order valence-electron chi connectivity index (χ1n) is 11.7. The molecule has 5 nitrogen and oxygen atoms in total. The first-order valence-corrected chi connectivity index (χ1v) is 11.7. The molecule has 1 aliphatic rings. The summed E-state index contributed by atoms with van der Waals surface area (Å²) in [6.07, 6.45) is 0.924. The van der Waals surface area contributed by atoms with Crippen LogP contribution in [0.5, 0.6) is 5.75 Å². The number of hydrogen-bond donors (Lipinski definition) is 1. The Bertz CT molecular complexity index is 896. The standard InChI is InChI=1S/C27H36N2O3/c1-18(2)21-6-8-23(9-7-21)27(31)29-16-14-24(15-17-29)28-26(30)20(5)32-25-12-10-22(11-13-25)19(3)4/h6-13,18-20,24H,14-17H2,1-5H3,(H,28,30). The van der Waals surface area contributed by atoms with E-state index in [1.807, 2.05) is 53.4 Å². The van der Waals surface area contributed by atoms with Crippen molar-refractivity contribution in [2.45, 2.75) is 71.4 Å². The molecular weight excluding hydrogens is 400 g/mol. The van der Waals surface area contributed by atoms with Gasteiger partial charge in [-0.3, -0.25) is 9.59 Å². The van der Waals surface area contributed by atoms with E-state index in [9.17, 15) is 9.59 Å². The van der Waals surface area contributed by atoms with Gasteiger partial charge in [-0.1, -0.05) is 52.0 Å². The van der Waals surface area contributed by atoms with E-state index in [1.165, 1.54) is 11.1 Å². The van der Waals surface area contributed by atoms with Gasteiger partial charge in [0.15, 0.2) is 6.10 Å². The summed E-state index contributed by atoms with van der Waals surface area (Å²) in [5.41, 5.74) is 3.20. The average Bonchev–Trinajstić information content (AvgIpc) is 2.79. The lowest BCUT2D eigenvalue weighted by atomic mass is 10.0. The molecule has 1 aliphatic heterocycles. The highest BCUT2D eigenvalue weighted by Gasteiger charge is 2.26. The number of piperidine rings is 1. The normalized spacial score (nSPS) is 15.7. The molecule has 0 bridgehead atoms. The Labute approximate surface area is 192 Å². The van der Waals surface area contributed by atoms with Gasteiger partial charge in [0.25, 0.3) is 11.8 Å². The molecule has 172 valence electrons. The van der Waals surface area contributed by atoms with E-state index >= 15 is 0 Å². The largest absolute Gasteiger partial charge is 0.481 e. The van der Waals surface area contributed by atoms with Crippen molar-refractivity contribution in [2.24, 2.45) is 0 Å². The van der Waals surface area contributed by atoms with Crippen molar-refractivity contribution in [3.8, 4) is 5.75 Å². The van der Waals surface area contributed by atoms with E-state index in [-0.39, 0.29) is 17.9 Å². The monoisotopic (exact) mass is 436 g/mol. The van der Waals surface area contributed by atoms with Crippen LogP contribution < -0.4 is 10.1 Å². The van der Waals surface area contributed by atoms with E-state index in [0.717, 1.165) is 18.4 Å². The minimum atomic E-state index is -0.570. The van der Waals surface area contributed by atoms with Crippen molar-refractivity contribution in [3.05, 3.63) is 65.2 Å². The zero-order chi connectivity index (χ0) is 23.3. The molecular formula is C27H36N2O3. The molecule has 0 aliphatic carbocycles. The van der Waals surface area contributed by atoms with Crippen molar-refractivity contribution < 1.29 is 14.3 Å². The fourth-order valence-electron chi connectivity index (χ4n) is 3.93. The smallest absolute Gasteiger partial charge is 0.260 e. The minimum absolute atomic E-state index is 0.0595. The summed E-state index contributed by atoms with van der Waals surface area (Å²) < 4.78 is 5.82. The van der Waals surface area contributed by atoms with E-state index < -0.39 is 6.10 Å². The fraction of sp³-hybridized carbons (Fsp3) is 0.481. The molecule has 1 unspecified atom stereocenters. The maximum absolute atomic E-state index is 12.8. The quantitative estimate of drug-likeness (QED) is 0.655. The van der Waals surface area contributed by atoms with Gasteiger partial charge < -0.3 is 15.0 Å². The molecule has 2 aromatic carbocycles. The van der Waals surface area contributed by atoms with Crippen molar-refractivity contribution in [1.82, 2.24) is 10.2 Å². The van der Waals surface area contributed by atoms with E-state index in [4.69, 9.17) is 4.74 Å². The van der Waals surface area contributed by atoms with Crippen LogP contribution in [0.25, 0.3) is 0 Å². The number of nitrogens with one attached hydrogen (secondary N) is 1. The Morgan fingerprint density at radius 3 is 1.84 bits per heavy atom. The predicted molar refractivity (Wildman–Crippen MR) is 128 cm³/mol. The van der Waals surface area contributed by atoms with Gasteiger partial charge in [-0.2, -0.15) is 0 Å². The lowest BCUT2D eigenvalue weighted by molar-refractivity contribution is -0.128. The Hall–Kier alpha value is -2.82. The number of amides is 2. The molecule has 0 radical (unpaired) electrons. The Balaban J connectivity index is 1.46. The van der Waals surface area contributed by atoms with E-state index in [1.54, 1.807) is 6.92 Å². The maximum Gasteiger partial charge on any atom is 0.260 e. The highest BCUT2D eigenvalue weighted by atomic mass is 16.5. The minimum Gasteiger partial charge on any atom is -0.481 e. The van der Waals surface area contributed by atoms with Crippen LogP contribution in [0.15, 0.2) is 48.5 Å². The molecule has 2 amide bonds. The average molecular weight is 437 g/mol. The van der Waals surface area contributed by atoms with Gasteiger partial charge >= 0.3 is 0 Å². The van der Waals surface area contributed by atoms with Gasteiger partial charge in [-0.25, -0.2) is 0 Å². The van der Waals surface area contributed by atoms with Gasteiger partial charge in [0, 0.05) is 24.7 Å². The van der Waals surface area contributed by atoms with Gasteiger partial charge in [0.2, 0.25) is 0 Å². The van der Waals surface area contributed by atoms with E-state index in [2.05, 4.69) is 33.0 Å². The van der Waals surface area contributed by atoms with Crippen LogP contribution in [0.1, 0.15) is 80.8 Å². The Kier molecular flexibility index (Phi) is 7.94. The number of likely N-dealkylation sites (tertiary alicyclic amines) is 1. The Morgan fingerprint density at radius 2 is 1.34 bits per heavy atom. The maximum atomic E-state index is 12.8. The van der Waals surface area contributed by atoms with Crippen molar-refractivity contribution in [3.63, 3.8) is 0 Å². The summed E-state index contributed by atoms with van der Waals surface area (Å²) in [6.45, 7) is 11.6. The molecule has 0 aromatic heterocycles. The molecule has 1 fully saturated rings. The van der Waals surface area contributed by atoms with Gasteiger partial charge in [-0.05, 0) is 67.0 Å². The van der Waals surface area contributed by atoms with Crippen LogP contribution in [0.2, 0.25) is 0 Å². The highest BCUT2D eigenvalue weighted by Crippen LogP contribution is 2.20. The summed E-state index contributed by atoms with van der Waals surface area (Å²) in [5, 5.41) is 3.09. The van der Waals surface area contributed by atoms with Crippen LogP contribution in [-0.2, 0) is 4.79 Å². The zero-order valence-electron chi connectivity index (χ0n) is 19.9. The second-order valence-corrected chi connectivity index (χ2v) is 9.34. The summed E-state index contributed by atoms with van der Waals surface area (Å²) in [6, 6.07) is 15.8. The van der Waals surface area contributed by atoms with Crippen LogP contribution in [0.3, 0.4) is 0 Å². The third-order valence-electron chi connectivity index (χ3n) is 6.18. The fourth-order valence-corrected chi connectivity index (χ4v) is 3.93. The highest BCUT2D eigenvalue weighted by molar-refractivity contribution is 5.94. The topological polar surface area (TPSA) is 58.6 Å². The third-order valence-corrected chi connectivity index (χ3v) is 6.18. The molecule has 1 N–H and O–H groups in total. The molecule has 5 heteroatoms. The molecule has 1 heterocycles. The summed E-state index contributed by atoms with van der Waals surface area (Å²) in [5.74, 6) is 1.55. The Morgan fingerprint density at radius 1 is 0.844 bits per heavy atom. The number of rotatable bonds is 7. The number of nitrogens with zero attached hydrogens (tertiary/aromatic N) is 1. The number of carbonyl (C=O) groups excluding carboxylic acids is 2. The van der Waals surface area contributed by atoms with Crippen LogP contribution in [0.4, 0.5) is 0 Å². The molecule has 1 atom stereocenters. The first-order chi connectivity index (χ1) is 15.2. The van der Waals surface area contributed by atoms with Crippen LogP contribution >= 0.6 is 0 Å². The molecule has 3 rings (SSSR count). The predicted octanol–water partition coefficient (Wildman–Crippen LogP) is 5.12. The second kappa shape index (κ2) is 10.7. The summed E-state index contributed by atoms with van der Waals surface area (Å²) in [4.78, 5) is 27.3. The van der Waals surface area contributed by atoms with Gasteiger partial charge in [0.05, 0.1) is 0 Å². The van der Waals surface area contributed by atoms with Crippen LogP contribution in [0, 0.1) is 0 Å². The number of ether oxygens (including phenoxy) is 1. The lowest BCUT2D eigenvalue weighted by Gasteiger charge is -2.33. The molecule has 0 saturated carbocycles. The second-order valence-electron chi connectivity index (χ2n) is 9.34. The number of benzene rings is 2. The summed E-state index contributed by atoms with van der Waals surface area (Å²) in [7, 11) is 0. The van der Waals surface area contributed by atoms with Crippen LogP contribution in [-0.4, -0.2) is 41.9 Å². The summed E-state index contributed by atoms with van der Waals surface area (Å²) >= 11 is 0. The molecule has 2 aromatic rings. The first kappa shape index (κ1) is 23.8. The zero-order valence-corrected chi connectivity index (χ0v) is 19.9. The van der Waals surface area contributed by atoms with Crippen molar-refractivity contribution in [2.75, 3.05) is 13.1 Å². The number of hydrogen-bond acceptors (Lipinski definition) is 3. The van der Waals surface area contributed by atoms with Crippen molar-refractivity contribution in [1.29, 1.82) is 0 Å². The SMILES string of the molecule is CC(Oc1ccc(C(C)C)cc1)C(=O)NC1CCN(C(=O)c2ccc(C(C)C)cc2)CC1. The van der Waals surface area contributed by atoms with Gasteiger partial charge in [0.1, 0.15) is 5.75 Å². The van der Waals surface area contributed by atoms with Crippen molar-refractivity contribution >= 4 is 11.8 Å². The van der Waals surface area contributed by atoms with E-state index in [0.29, 0.717) is 30.7 Å². The molecule has 32 heavy (non-hydrogen) atoms. The molecule has 1 saturated heterocycles. The van der Waals surface area contributed by atoms with Gasteiger partial charge in [-0.15, -0.1) is 0 Å². The molecule has 0 spiro atoms.